The summed E-state index contributed by atoms with van der Waals surface area (Å²) < 4.78 is 19.0. The number of nitrogens with zero attached hydrogens (tertiary/aromatic N) is 1. The third kappa shape index (κ3) is 5.16. The predicted octanol–water partition coefficient (Wildman–Crippen LogP) is 3.27. The monoisotopic (exact) mass is 268 g/mol. The molecular weight excluding hydrogens is 247 g/mol. The second-order valence-electron chi connectivity index (χ2n) is 4.39. The van der Waals surface area contributed by atoms with Gasteiger partial charge in [-0.15, -0.1) is 0 Å². The Morgan fingerprint density at radius 3 is 2.68 bits per heavy atom. The quantitative estimate of drug-likeness (QED) is 0.250. The normalized spacial score (nSPS) is 11.6. The van der Waals surface area contributed by atoms with Crippen molar-refractivity contribution < 1.29 is 14.3 Å². The van der Waals surface area contributed by atoms with Gasteiger partial charge in [0.15, 0.2) is 17.4 Å². The zero-order valence-electron chi connectivity index (χ0n) is 11.2. The summed E-state index contributed by atoms with van der Waals surface area (Å²) >= 11 is 0. The van der Waals surface area contributed by atoms with E-state index in [1.807, 2.05) is 0 Å². The van der Waals surface area contributed by atoms with Gasteiger partial charge in [0.05, 0.1) is 6.61 Å². The lowest BCUT2D eigenvalue weighted by Gasteiger charge is -2.08. The van der Waals surface area contributed by atoms with Crippen LogP contribution >= 0.6 is 0 Å². The van der Waals surface area contributed by atoms with Gasteiger partial charge in [0.2, 0.25) is 0 Å². The van der Waals surface area contributed by atoms with Crippen LogP contribution in [0.2, 0.25) is 0 Å². The first-order valence-corrected chi connectivity index (χ1v) is 6.59. The molecule has 3 N–H and O–H groups in total. The largest absolute Gasteiger partial charge is 0.491 e. The molecule has 4 nitrogen and oxygen atoms in total. The van der Waals surface area contributed by atoms with Crippen LogP contribution in [0.4, 0.5) is 4.39 Å². The van der Waals surface area contributed by atoms with E-state index in [1.54, 1.807) is 6.07 Å². The molecule has 0 heterocycles. The summed E-state index contributed by atoms with van der Waals surface area (Å²) in [6.07, 6.45) is 5.62. The average molecular weight is 268 g/mol. The summed E-state index contributed by atoms with van der Waals surface area (Å²) in [6, 6.07) is 4.25. The number of hydrogen-bond donors (Lipinski definition) is 2. The fraction of sp³-hybridized carbons (Fsp3) is 0.500. The Bertz CT molecular complexity index is 422. The SMILES string of the molecule is CCCCCCCOc1ccc(/C(N)=N/O)cc1F. The first kappa shape index (κ1) is 15.3. The lowest BCUT2D eigenvalue weighted by Crippen LogP contribution is -2.13. The van der Waals surface area contributed by atoms with Gasteiger partial charge in [0, 0.05) is 5.56 Å². The molecule has 1 aromatic rings. The standard InChI is InChI=1S/C14H21FN2O2/c1-2-3-4-5-6-9-19-13-8-7-11(10-12(13)15)14(16)17-18/h7-8,10,18H,2-6,9H2,1H3,(H2,16,17). The molecule has 0 unspecified atom stereocenters. The van der Waals surface area contributed by atoms with Crippen molar-refractivity contribution in [3.63, 3.8) is 0 Å². The van der Waals surface area contributed by atoms with E-state index in [0.29, 0.717) is 12.2 Å². The van der Waals surface area contributed by atoms with Crippen LogP contribution in [-0.4, -0.2) is 17.6 Å². The zero-order valence-corrected chi connectivity index (χ0v) is 11.2. The second-order valence-corrected chi connectivity index (χ2v) is 4.39. The van der Waals surface area contributed by atoms with E-state index in [-0.39, 0.29) is 11.6 Å². The van der Waals surface area contributed by atoms with E-state index in [9.17, 15) is 4.39 Å². The summed E-state index contributed by atoms with van der Waals surface area (Å²) in [5, 5.41) is 11.3. The van der Waals surface area contributed by atoms with E-state index in [0.717, 1.165) is 12.8 Å². The summed E-state index contributed by atoms with van der Waals surface area (Å²) in [6.45, 7) is 2.67. The molecule has 0 bridgehead atoms. The van der Waals surface area contributed by atoms with Crippen LogP contribution in [-0.2, 0) is 0 Å². The Hall–Kier alpha value is -1.78. The number of oxime groups is 1. The number of amidine groups is 1. The summed E-state index contributed by atoms with van der Waals surface area (Å²) in [7, 11) is 0. The van der Waals surface area contributed by atoms with E-state index in [4.69, 9.17) is 15.7 Å². The Morgan fingerprint density at radius 2 is 2.05 bits per heavy atom. The van der Waals surface area contributed by atoms with Crippen LogP contribution in [0.15, 0.2) is 23.4 Å². The average Bonchev–Trinajstić information content (AvgIpc) is 2.43. The Morgan fingerprint density at radius 1 is 1.32 bits per heavy atom. The van der Waals surface area contributed by atoms with Crippen LogP contribution in [0.25, 0.3) is 0 Å². The van der Waals surface area contributed by atoms with Gasteiger partial charge in [-0.25, -0.2) is 4.39 Å². The predicted molar refractivity (Wildman–Crippen MR) is 73.2 cm³/mol. The molecule has 0 aliphatic rings. The van der Waals surface area contributed by atoms with Crippen molar-refractivity contribution in [2.75, 3.05) is 6.61 Å². The molecule has 106 valence electrons. The van der Waals surface area contributed by atoms with Crippen molar-refractivity contribution in [3.05, 3.63) is 29.6 Å². The molecular formula is C14H21FN2O2. The molecule has 0 spiro atoms. The Balaban J connectivity index is 2.43. The molecule has 19 heavy (non-hydrogen) atoms. The Kier molecular flexibility index (Phi) is 6.71. The number of halogens is 1. The van der Waals surface area contributed by atoms with Gasteiger partial charge in [0.1, 0.15) is 0 Å². The summed E-state index contributed by atoms with van der Waals surface area (Å²) in [5.41, 5.74) is 5.70. The molecule has 0 aromatic heterocycles. The fourth-order valence-corrected chi connectivity index (χ4v) is 1.72. The number of nitrogens with two attached hydrogens (primary N) is 1. The van der Waals surface area contributed by atoms with Crippen molar-refractivity contribution >= 4 is 5.84 Å². The molecule has 0 saturated carbocycles. The molecule has 5 heteroatoms. The van der Waals surface area contributed by atoms with Gasteiger partial charge >= 0.3 is 0 Å². The maximum absolute atomic E-state index is 13.7. The molecule has 0 atom stereocenters. The number of benzene rings is 1. The maximum Gasteiger partial charge on any atom is 0.170 e. The van der Waals surface area contributed by atoms with E-state index >= 15 is 0 Å². The topological polar surface area (TPSA) is 67.8 Å². The van der Waals surface area contributed by atoms with Gasteiger partial charge in [-0.3, -0.25) is 0 Å². The van der Waals surface area contributed by atoms with Gasteiger partial charge in [-0.2, -0.15) is 0 Å². The zero-order chi connectivity index (χ0) is 14.1. The number of hydrogen-bond acceptors (Lipinski definition) is 3. The molecule has 1 rings (SSSR count). The van der Waals surface area contributed by atoms with Crippen LogP contribution < -0.4 is 10.5 Å². The second kappa shape index (κ2) is 8.34. The minimum atomic E-state index is -0.502. The highest BCUT2D eigenvalue weighted by atomic mass is 19.1. The van der Waals surface area contributed by atoms with Crippen LogP contribution in [0.5, 0.6) is 5.75 Å². The fourth-order valence-electron chi connectivity index (χ4n) is 1.72. The van der Waals surface area contributed by atoms with Crippen molar-refractivity contribution in [1.82, 2.24) is 0 Å². The first-order valence-electron chi connectivity index (χ1n) is 6.59. The molecule has 0 radical (unpaired) electrons. The number of rotatable bonds is 8. The highest BCUT2D eigenvalue weighted by Gasteiger charge is 2.07. The highest BCUT2D eigenvalue weighted by Crippen LogP contribution is 2.18. The molecule has 1 aromatic carbocycles. The minimum absolute atomic E-state index is 0.120. The molecule has 0 saturated heterocycles. The highest BCUT2D eigenvalue weighted by molar-refractivity contribution is 5.97. The maximum atomic E-state index is 13.7. The Labute approximate surface area is 113 Å². The summed E-state index contributed by atoms with van der Waals surface area (Å²) in [4.78, 5) is 0. The van der Waals surface area contributed by atoms with E-state index in [2.05, 4.69) is 12.1 Å². The van der Waals surface area contributed by atoms with Crippen molar-refractivity contribution in [2.45, 2.75) is 39.0 Å². The van der Waals surface area contributed by atoms with Crippen molar-refractivity contribution in [2.24, 2.45) is 10.9 Å². The lowest BCUT2D eigenvalue weighted by atomic mass is 10.1. The number of ether oxygens (including phenoxy) is 1. The molecule has 0 aliphatic carbocycles. The number of unbranched alkanes of at least 4 members (excludes halogenated alkanes) is 4. The molecule has 0 amide bonds. The van der Waals surface area contributed by atoms with Crippen LogP contribution in [0.1, 0.15) is 44.6 Å². The van der Waals surface area contributed by atoms with Gasteiger partial charge in [-0.05, 0) is 24.6 Å². The minimum Gasteiger partial charge on any atom is -0.491 e. The van der Waals surface area contributed by atoms with Crippen molar-refractivity contribution in [1.29, 1.82) is 0 Å². The van der Waals surface area contributed by atoms with E-state index in [1.165, 1.54) is 31.4 Å². The van der Waals surface area contributed by atoms with E-state index < -0.39 is 5.82 Å². The van der Waals surface area contributed by atoms with Gasteiger partial charge in [-0.1, -0.05) is 37.8 Å². The van der Waals surface area contributed by atoms with Crippen LogP contribution in [0.3, 0.4) is 0 Å². The smallest absolute Gasteiger partial charge is 0.170 e. The molecule has 0 fully saturated rings. The third-order valence-electron chi connectivity index (χ3n) is 2.84. The lowest BCUT2D eigenvalue weighted by molar-refractivity contribution is 0.290. The van der Waals surface area contributed by atoms with Crippen molar-refractivity contribution in [3.8, 4) is 5.75 Å². The third-order valence-corrected chi connectivity index (χ3v) is 2.84. The van der Waals surface area contributed by atoms with Gasteiger partial charge < -0.3 is 15.7 Å². The summed E-state index contributed by atoms with van der Waals surface area (Å²) in [5.74, 6) is -0.423. The molecule has 0 aliphatic heterocycles. The van der Waals surface area contributed by atoms with Gasteiger partial charge in [0.25, 0.3) is 0 Å². The van der Waals surface area contributed by atoms with Crippen LogP contribution in [0, 0.1) is 5.82 Å². The first-order chi connectivity index (χ1) is 9.19.